The van der Waals surface area contributed by atoms with Gasteiger partial charge in [0.2, 0.25) is 5.91 Å². The van der Waals surface area contributed by atoms with E-state index in [1.165, 1.54) is 0 Å². The second-order valence-corrected chi connectivity index (χ2v) is 6.38. The van der Waals surface area contributed by atoms with Crippen molar-refractivity contribution in [3.63, 3.8) is 0 Å². The van der Waals surface area contributed by atoms with Crippen LogP contribution in [-0.2, 0) is 4.79 Å². The van der Waals surface area contributed by atoms with E-state index in [0.717, 1.165) is 25.9 Å². The molecule has 96 valence electrons. The van der Waals surface area contributed by atoms with Crippen molar-refractivity contribution < 1.29 is 4.79 Å². The maximum atomic E-state index is 10.7. The van der Waals surface area contributed by atoms with Crippen molar-refractivity contribution in [3.8, 4) is 0 Å². The van der Waals surface area contributed by atoms with E-state index in [1.54, 1.807) is 6.92 Å². The third-order valence-electron chi connectivity index (χ3n) is 2.30. The summed E-state index contributed by atoms with van der Waals surface area (Å²) in [5.74, 6) is 0.0500. The van der Waals surface area contributed by atoms with Gasteiger partial charge in [-0.05, 0) is 38.6 Å². The number of hydrogen-bond donors (Lipinski definition) is 2. The molecule has 0 heterocycles. The molecule has 0 atom stereocenters. The van der Waals surface area contributed by atoms with Crippen molar-refractivity contribution in [2.24, 2.45) is 5.41 Å². The van der Waals surface area contributed by atoms with Crippen LogP contribution >= 0.6 is 0 Å². The van der Waals surface area contributed by atoms with Crippen LogP contribution in [0.4, 0.5) is 0 Å². The summed E-state index contributed by atoms with van der Waals surface area (Å²) in [7, 11) is 0. The molecule has 0 fully saturated rings. The van der Waals surface area contributed by atoms with Crippen LogP contribution in [-0.4, -0.2) is 24.5 Å². The first-order valence-electron chi connectivity index (χ1n) is 6.12. The Balaban J connectivity index is 3.70. The smallest absolute Gasteiger partial charge is 0.216 e. The quantitative estimate of drug-likeness (QED) is 0.685. The highest BCUT2D eigenvalue weighted by Crippen LogP contribution is 2.26. The SMILES string of the molecule is CC(=O)NCCCNC(C)(C)CC(C)(C)C. The number of rotatable bonds is 6. The van der Waals surface area contributed by atoms with Crippen LogP contribution in [0.5, 0.6) is 0 Å². The Labute approximate surface area is 100 Å². The van der Waals surface area contributed by atoms with Gasteiger partial charge in [0.1, 0.15) is 0 Å². The predicted octanol–water partition coefficient (Wildman–Crippen LogP) is 2.32. The summed E-state index contributed by atoms with van der Waals surface area (Å²) in [6.07, 6.45) is 2.12. The molecule has 1 amide bonds. The number of nitrogens with one attached hydrogen (secondary N) is 2. The fourth-order valence-corrected chi connectivity index (χ4v) is 2.17. The normalized spacial score (nSPS) is 12.6. The van der Waals surface area contributed by atoms with Gasteiger partial charge in [-0.15, -0.1) is 0 Å². The Morgan fingerprint density at radius 2 is 1.62 bits per heavy atom. The Kier molecular flexibility index (Phi) is 6.01. The summed E-state index contributed by atoms with van der Waals surface area (Å²) in [6.45, 7) is 14.5. The molecule has 0 spiro atoms. The summed E-state index contributed by atoms with van der Waals surface area (Å²) < 4.78 is 0. The standard InChI is InChI=1S/C13H28N2O/c1-11(16)14-8-7-9-15-13(5,6)10-12(2,3)4/h15H,7-10H2,1-6H3,(H,14,16). The Morgan fingerprint density at radius 3 is 2.06 bits per heavy atom. The van der Waals surface area contributed by atoms with Gasteiger partial charge in [-0.3, -0.25) is 4.79 Å². The molecule has 3 heteroatoms. The van der Waals surface area contributed by atoms with Gasteiger partial charge in [0, 0.05) is 19.0 Å². The fourth-order valence-electron chi connectivity index (χ4n) is 2.17. The van der Waals surface area contributed by atoms with Gasteiger partial charge in [0.15, 0.2) is 0 Å². The van der Waals surface area contributed by atoms with Crippen molar-refractivity contribution >= 4 is 5.91 Å². The van der Waals surface area contributed by atoms with Crippen molar-refractivity contribution in [2.45, 2.75) is 59.9 Å². The number of carbonyl (C=O) groups is 1. The van der Waals surface area contributed by atoms with Crippen molar-refractivity contribution in [2.75, 3.05) is 13.1 Å². The third-order valence-corrected chi connectivity index (χ3v) is 2.30. The highest BCUT2D eigenvalue weighted by molar-refractivity contribution is 5.72. The molecule has 0 unspecified atom stereocenters. The van der Waals surface area contributed by atoms with Gasteiger partial charge in [0.25, 0.3) is 0 Å². The molecule has 0 aromatic heterocycles. The second-order valence-electron chi connectivity index (χ2n) is 6.38. The van der Waals surface area contributed by atoms with Crippen LogP contribution in [0.25, 0.3) is 0 Å². The minimum absolute atomic E-state index is 0.0500. The zero-order valence-electron chi connectivity index (χ0n) is 11.7. The molecule has 2 N–H and O–H groups in total. The average molecular weight is 228 g/mol. The molecule has 0 aliphatic rings. The minimum atomic E-state index is 0.0500. The van der Waals surface area contributed by atoms with Crippen molar-refractivity contribution in [3.05, 3.63) is 0 Å². The Hall–Kier alpha value is -0.570. The van der Waals surface area contributed by atoms with Gasteiger partial charge >= 0.3 is 0 Å². The van der Waals surface area contributed by atoms with E-state index in [9.17, 15) is 4.79 Å². The molecular formula is C13H28N2O. The lowest BCUT2D eigenvalue weighted by molar-refractivity contribution is -0.118. The topological polar surface area (TPSA) is 41.1 Å². The van der Waals surface area contributed by atoms with E-state index in [4.69, 9.17) is 0 Å². The zero-order valence-corrected chi connectivity index (χ0v) is 11.7. The molecule has 0 saturated heterocycles. The van der Waals surface area contributed by atoms with Gasteiger partial charge in [-0.1, -0.05) is 20.8 Å². The summed E-state index contributed by atoms with van der Waals surface area (Å²) >= 11 is 0. The van der Waals surface area contributed by atoms with Crippen LogP contribution < -0.4 is 10.6 Å². The first-order valence-corrected chi connectivity index (χ1v) is 6.12. The lowest BCUT2D eigenvalue weighted by Gasteiger charge is -2.33. The number of hydrogen-bond acceptors (Lipinski definition) is 2. The monoisotopic (exact) mass is 228 g/mol. The average Bonchev–Trinajstić information content (AvgIpc) is 1.97. The van der Waals surface area contributed by atoms with Crippen molar-refractivity contribution in [1.82, 2.24) is 10.6 Å². The van der Waals surface area contributed by atoms with Gasteiger partial charge in [0.05, 0.1) is 0 Å². The second kappa shape index (κ2) is 6.24. The Bertz CT molecular complexity index is 216. The molecule has 0 bridgehead atoms. The molecule has 0 radical (unpaired) electrons. The highest BCUT2D eigenvalue weighted by atomic mass is 16.1. The van der Waals surface area contributed by atoms with E-state index in [2.05, 4.69) is 45.3 Å². The molecule has 0 aliphatic carbocycles. The molecule has 0 rings (SSSR count). The Morgan fingerprint density at radius 1 is 1.06 bits per heavy atom. The predicted molar refractivity (Wildman–Crippen MR) is 69.5 cm³/mol. The molecule has 0 saturated carbocycles. The lowest BCUT2D eigenvalue weighted by Crippen LogP contribution is -2.43. The summed E-state index contributed by atoms with van der Waals surface area (Å²) in [5, 5.41) is 6.34. The van der Waals surface area contributed by atoms with Gasteiger partial charge < -0.3 is 10.6 Å². The summed E-state index contributed by atoms with van der Waals surface area (Å²) in [5.41, 5.74) is 0.503. The summed E-state index contributed by atoms with van der Waals surface area (Å²) in [6, 6.07) is 0. The van der Waals surface area contributed by atoms with Gasteiger partial charge in [-0.2, -0.15) is 0 Å². The van der Waals surface area contributed by atoms with Crippen LogP contribution in [0.2, 0.25) is 0 Å². The maximum absolute atomic E-state index is 10.7. The molecule has 0 aromatic carbocycles. The number of carbonyl (C=O) groups excluding carboxylic acids is 1. The minimum Gasteiger partial charge on any atom is -0.356 e. The maximum Gasteiger partial charge on any atom is 0.216 e. The molecular weight excluding hydrogens is 200 g/mol. The highest BCUT2D eigenvalue weighted by Gasteiger charge is 2.24. The largest absolute Gasteiger partial charge is 0.356 e. The van der Waals surface area contributed by atoms with Crippen LogP contribution in [0.1, 0.15) is 54.4 Å². The zero-order chi connectivity index (χ0) is 12.8. The van der Waals surface area contributed by atoms with Crippen LogP contribution in [0, 0.1) is 5.41 Å². The number of amides is 1. The molecule has 0 aliphatic heterocycles. The summed E-state index contributed by atoms with van der Waals surface area (Å²) in [4.78, 5) is 10.7. The van der Waals surface area contributed by atoms with E-state index >= 15 is 0 Å². The molecule has 3 nitrogen and oxygen atoms in total. The van der Waals surface area contributed by atoms with E-state index < -0.39 is 0 Å². The molecule has 0 aromatic rings. The van der Waals surface area contributed by atoms with Crippen molar-refractivity contribution in [1.29, 1.82) is 0 Å². The fraction of sp³-hybridized carbons (Fsp3) is 0.923. The van der Waals surface area contributed by atoms with Gasteiger partial charge in [-0.25, -0.2) is 0 Å². The van der Waals surface area contributed by atoms with Crippen LogP contribution in [0.15, 0.2) is 0 Å². The van der Waals surface area contributed by atoms with E-state index in [-0.39, 0.29) is 11.4 Å². The van der Waals surface area contributed by atoms with E-state index in [1.807, 2.05) is 0 Å². The lowest BCUT2D eigenvalue weighted by atomic mass is 9.82. The third kappa shape index (κ3) is 9.97. The first kappa shape index (κ1) is 15.4. The molecule has 16 heavy (non-hydrogen) atoms. The van der Waals surface area contributed by atoms with E-state index in [0.29, 0.717) is 5.41 Å². The van der Waals surface area contributed by atoms with Crippen LogP contribution in [0.3, 0.4) is 0 Å². The first-order chi connectivity index (χ1) is 7.12.